The van der Waals surface area contributed by atoms with Gasteiger partial charge >= 0.3 is 5.97 Å². The molecule has 3 aliphatic rings. The number of nitrogens with zero attached hydrogens (tertiary/aromatic N) is 2. The fourth-order valence-corrected chi connectivity index (χ4v) is 6.60. The molecule has 0 bridgehead atoms. The summed E-state index contributed by atoms with van der Waals surface area (Å²) in [5.41, 5.74) is 4.19. The van der Waals surface area contributed by atoms with E-state index < -0.39 is 12.0 Å². The molecule has 4 unspecified atom stereocenters. The van der Waals surface area contributed by atoms with Crippen LogP contribution in [-0.2, 0) is 16.0 Å². The van der Waals surface area contributed by atoms with Crippen LogP contribution < -0.4 is 5.32 Å². The molecule has 8 heteroatoms. The summed E-state index contributed by atoms with van der Waals surface area (Å²) in [6, 6.07) is 15.7. The van der Waals surface area contributed by atoms with Gasteiger partial charge in [-0.2, -0.15) is 0 Å². The second-order valence-corrected chi connectivity index (χ2v) is 12.5. The molecule has 1 aliphatic carbocycles. The van der Waals surface area contributed by atoms with Crippen molar-refractivity contribution in [3.05, 3.63) is 82.6 Å². The number of nitrogens with one attached hydrogen (secondary N) is 1. The lowest BCUT2D eigenvalue weighted by molar-refractivity contribution is -0.142. The lowest BCUT2D eigenvalue weighted by atomic mass is 9.85. The average molecular weight is 602 g/mol. The fourth-order valence-electron chi connectivity index (χ4n) is 6.60. The highest BCUT2D eigenvalue weighted by Gasteiger charge is 2.38. The Morgan fingerprint density at radius 1 is 0.977 bits per heavy atom. The van der Waals surface area contributed by atoms with E-state index in [9.17, 15) is 24.3 Å². The number of carbonyl (C=O) groups is 4. The number of benzene rings is 2. The van der Waals surface area contributed by atoms with Gasteiger partial charge in [-0.15, -0.1) is 0 Å². The van der Waals surface area contributed by atoms with Crippen LogP contribution in [-0.4, -0.2) is 63.8 Å². The highest BCUT2D eigenvalue weighted by Crippen LogP contribution is 2.37. The van der Waals surface area contributed by atoms with Gasteiger partial charge in [0, 0.05) is 31.1 Å². The standard InChI is InChI=1S/C35H43N3O5.CH4/c1-23-18-20-37(30(35(42)43)22-25-12-4-3-5-13-25)31(26-14-10-15-26)29(21-23)36-32(39)24(2)11-8-9-19-38-33(40)27-16-6-7-17-28(27)34(38)41;/h3-7,12-13,16-17,23-24,29-30H,8-11,14-15,18-22H2,1-2H3,(H,36,39)(H,42,43);1H4. The molecule has 2 fully saturated rings. The molecular weight excluding hydrogens is 554 g/mol. The molecule has 8 nitrogen and oxygen atoms in total. The van der Waals surface area contributed by atoms with E-state index in [0.29, 0.717) is 55.8 Å². The van der Waals surface area contributed by atoms with E-state index in [4.69, 9.17) is 0 Å². The molecule has 1 saturated heterocycles. The van der Waals surface area contributed by atoms with Crippen LogP contribution in [0.3, 0.4) is 0 Å². The summed E-state index contributed by atoms with van der Waals surface area (Å²) >= 11 is 0. The summed E-state index contributed by atoms with van der Waals surface area (Å²) in [5.74, 6) is -1.28. The van der Waals surface area contributed by atoms with Crippen LogP contribution in [0.25, 0.3) is 0 Å². The Bertz CT molecular complexity index is 1350. The van der Waals surface area contributed by atoms with Gasteiger partial charge in [-0.3, -0.25) is 19.3 Å². The summed E-state index contributed by atoms with van der Waals surface area (Å²) < 4.78 is 0. The Kier molecular flexibility index (Phi) is 11.0. The van der Waals surface area contributed by atoms with E-state index in [1.807, 2.05) is 37.3 Å². The highest BCUT2D eigenvalue weighted by atomic mass is 16.4. The van der Waals surface area contributed by atoms with Crippen molar-refractivity contribution in [2.75, 3.05) is 13.1 Å². The Morgan fingerprint density at radius 3 is 2.20 bits per heavy atom. The van der Waals surface area contributed by atoms with E-state index >= 15 is 0 Å². The number of likely N-dealkylation sites (tertiary alicyclic amines) is 1. The van der Waals surface area contributed by atoms with E-state index in [1.165, 1.54) is 10.5 Å². The lowest BCUT2D eigenvalue weighted by Crippen LogP contribution is -2.49. The maximum atomic E-state index is 13.5. The first kappa shape index (κ1) is 33.0. The minimum Gasteiger partial charge on any atom is -0.480 e. The largest absolute Gasteiger partial charge is 0.480 e. The number of imide groups is 1. The summed E-state index contributed by atoms with van der Waals surface area (Å²) in [6.45, 7) is 5.09. The normalized spacial score (nSPS) is 21.1. The van der Waals surface area contributed by atoms with Crippen molar-refractivity contribution in [1.82, 2.24) is 15.1 Å². The second-order valence-electron chi connectivity index (χ2n) is 12.5. The van der Waals surface area contributed by atoms with Crippen LogP contribution in [0.4, 0.5) is 0 Å². The predicted octanol–water partition coefficient (Wildman–Crippen LogP) is 6.08. The molecule has 2 aromatic rings. The SMILES string of the molecule is C.CC1CCN(C(Cc2ccccc2)C(=O)O)C(=C2CCC2)C(NC(=O)C(C)CCCCN2C(=O)c3ccccc3C2=O)C1. The van der Waals surface area contributed by atoms with Crippen LogP contribution in [0.15, 0.2) is 65.9 Å². The number of carboxylic acids is 1. The molecule has 0 radical (unpaired) electrons. The number of aliphatic carboxylic acids is 1. The molecule has 0 spiro atoms. The van der Waals surface area contributed by atoms with Crippen molar-refractivity contribution in [3.63, 3.8) is 0 Å². The molecular formula is C36H47N3O5. The molecule has 1 saturated carbocycles. The van der Waals surface area contributed by atoms with Crippen LogP contribution in [0.5, 0.6) is 0 Å². The summed E-state index contributed by atoms with van der Waals surface area (Å²) in [4.78, 5) is 54.9. The molecule has 4 atom stereocenters. The van der Waals surface area contributed by atoms with Crippen molar-refractivity contribution < 1.29 is 24.3 Å². The second kappa shape index (κ2) is 14.7. The molecule has 0 aromatic heterocycles. The van der Waals surface area contributed by atoms with Crippen molar-refractivity contribution in [2.45, 2.75) is 91.1 Å². The molecule has 2 heterocycles. The van der Waals surface area contributed by atoms with Crippen LogP contribution >= 0.6 is 0 Å². The van der Waals surface area contributed by atoms with Gasteiger partial charge in [0.1, 0.15) is 6.04 Å². The number of amides is 3. The quantitative estimate of drug-likeness (QED) is 0.239. The third-order valence-electron chi connectivity index (χ3n) is 9.30. The molecule has 2 aliphatic heterocycles. The minimum absolute atomic E-state index is 0. The average Bonchev–Trinajstić information content (AvgIpc) is 3.10. The number of allylic oxidation sites excluding steroid dienone is 1. The van der Waals surface area contributed by atoms with E-state index in [-0.39, 0.29) is 37.1 Å². The fraction of sp³-hybridized carbons (Fsp3) is 0.500. The summed E-state index contributed by atoms with van der Waals surface area (Å²) in [7, 11) is 0. The third-order valence-corrected chi connectivity index (χ3v) is 9.30. The summed E-state index contributed by atoms with van der Waals surface area (Å²) in [5, 5.41) is 13.7. The molecule has 44 heavy (non-hydrogen) atoms. The maximum Gasteiger partial charge on any atom is 0.326 e. The number of rotatable bonds is 11. The Labute approximate surface area is 261 Å². The first-order valence-electron chi connectivity index (χ1n) is 15.8. The van der Waals surface area contributed by atoms with Crippen LogP contribution in [0, 0.1) is 11.8 Å². The van der Waals surface area contributed by atoms with E-state index in [0.717, 1.165) is 43.4 Å². The monoisotopic (exact) mass is 601 g/mol. The Balaban J connectivity index is 0.00000442. The Hall–Kier alpha value is -3.94. The van der Waals surface area contributed by atoms with Gasteiger partial charge in [-0.05, 0) is 74.1 Å². The van der Waals surface area contributed by atoms with E-state index in [2.05, 4.69) is 17.1 Å². The van der Waals surface area contributed by atoms with Crippen LogP contribution in [0.1, 0.15) is 98.9 Å². The number of hydrogen-bond donors (Lipinski definition) is 2. The van der Waals surface area contributed by atoms with Crippen molar-refractivity contribution in [2.24, 2.45) is 11.8 Å². The van der Waals surface area contributed by atoms with Gasteiger partial charge in [-0.25, -0.2) is 4.79 Å². The number of carbonyl (C=O) groups excluding carboxylic acids is 3. The van der Waals surface area contributed by atoms with Gasteiger partial charge in [-0.1, -0.05) is 70.2 Å². The first-order chi connectivity index (χ1) is 20.7. The topological polar surface area (TPSA) is 107 Å². The van der Waals surface area contributed by atoms with Gasteiger partial charge in [0.25, 0.3) is 11.8 Å². The van der Waals surface area contributed by atoms with Gasteiger partial charge < -0.3 is 15.3 Å². The molecule has 5 rings (SSSR count). The number of carboxylic acid groups (broad SMARTS) is 1. The van der Waals surface area contributed by atoms with Crippen LogP contribution in [0.2, 0.25) is 0 Å². The first-order valence-corrected chi connectivity index (χ1v) is 15.8. The van der Waals surface area contributed by atoms with Crippen molar-refractivity contribution >= 4 is 23.7 Å². The minimum atomic E-state index is -0.840. The van der Waals surface area contributed by atoms with Crippen molar-refractivity contribution in [3.8, 4) is 0 Å². The van der Waals surface area contributed by atoms with Gasteiger partial charge in [0.2, 0.25) is 5.91 Å². The highest BCUT2D eigenvalue weighted by molar-refractivity contribution is 6.21. The number of fused-ring (bicyclic) bond motifs is 1. The third kappa shape index (κ3) is 7.22. The molecule has 3 amide bonds. The lowest BCUT2D eigenvalue weighted by Gasteiger charge is -2.39. The zero-order valence-corrected chi connectivity index (χ0v) is 25.3. The van der Waals surface area contributed by atoms with Gasteiger partial charge in [0.15, 0.2) is 0 Å². The smallest absolute Gasteiger partial charge is 0.326 e. The maximum absolute atomic E-state index is 13.5. The Morgan fingerprint density at radius 2 is 1.61 bits per heavy atom. The molecule has 2 aromatic carbocycles. The number of unbranched alkanes of at least 4 members (excludes halogenated alkanes) is 1. The predicted molar refractivity (Wildman–Crippen MR) is 171 cm³/mol. The van der Waals surface area contributed by atoms with E-state index in [1.54, 1.807) is 24.3 Å². The summed E-state index contributed by atoms with van der Waals surface area (Å²) in [6.07, 6.45) is 7.01. The number of hydrogen-bond acceptors (Lipinski definition) is 5. The molecule has 2 N–H and O–H groups in total. The zero-order chi connectivity index (χ0) is 30.5. The molecule has 236 valence electrons. The zero-order valence-electron chi connectivity index (χ0n) is 25.3. The van der Waals surface area contributed by atoms with Crippen molar-refractivity contribution in [1.29, 1.82) is 0 Å². The van der Waals surface area contributed by atoms with Gasteiger partial charge in [0.05, 0.1) is 17.2 Å².